The van der Waals surface area contributed by atoms with Crippen LogP contribution in [0.3, 0.4) is 0 Å². The molecule has 3 aromatic carbocycles. The molecule has 0 bridgehead atoms. The van der Waals surface area contributed by atoms with Crippen LogP contribution < -0.4 is 45.0 Å². The molecule has 4 heterocycles. The number of nitrogens with one attached hydrogen (secondary N) is 1. The van der Waals surface area contributed by atoms with Crippen LogP contribution in [0.25, 0.3) is 43.9 Å². The average Bonchev–Trinajstić information content (AvgIpc) is 3.33. The van der Waals surface area contributed by atoms with Crippen molar-refractivity contribution in [1.82, 2.24) is 9.97 Å². The summed E-state index contributed by atoms with van der Waals surface area (Å²) in [6, 6.07) is 27.5. The molecular formula is C29H18LiN3O3P+. The van der Waals surface area contributed by atoms with E-state index in [-0.39, 0.29) is 24.6 Å². The zero-order valence-corrected chi connectivity index (χ0v) is 20.8. The summed E-state index contributed by atoms with van der Waals surface area (Å²) in [5.41, 5.74) is 3.25. The van der Waals surface area contributed by atoms with Gasteiger partial charge in [0.2, 0.25) is 0 Å². The first kappa shape index (κ1) is 23.5. The smallest absolute Gasteiger partial charge is 0.872 e. The summed E-state index contributed by atoms with van der Waals surface area (Å²) >= 11 is 0. The molecule has 1 unspecified atom stereocenters. The van der Waals surface area contributed by atoms with Crippen LogP contribution in [-0.2, 0) is 4.57 Å². The largest absolute Gasteiger partial charge is 1.00 e. The first-order valence-corrected chi connectivity index (χ1v) is 13.2. The van der Waals surface area contributed by atoms with Crippen LogP contribution in [0, 0.1) is 0 Å². The number of pyridine rings is 3. The molecule has 0 saturated carbocycles. The zero-order valence-electron chi connectivity index (χ0n) is 19.9. The number of fused-ring (bicyclic) bond motifs is 6. The van der Waals surface area contributed by atoms with Crippen LogP contribution >= 0.6 is 7.14 Å². The Morgan fingerprint density at radius 3 is 2.43 bits per heavy atom. The van der Waals surface area contributed by atoms with Gasteiger partial charge in [-0.05, 0) is 24.3 Å². The number of rotatable bonds is 3. The van der Waals surface area contributed by atoms with E-state index < -0.39 is 7.14 Å². The van der Waals surface area contributed by atoms with E-state index in [1.165, 1.54) is 6.07 Å². The zero-order chi connectivity index (χ0) is 24.3. The molecule has 1 N–H and O–H groups in total. The fraction of sp³-hybridized carbons (Fsp3) is 0. The molecule has 4 aromatic heterocycles. The molecule has 7 aromatic rings. The van der Waals surface area contributed by atoms with Crippen molar-refractivity contribution in [1.29, 1.82) is 0 Å². The summed E-state index contributed by atoms with van der Waals surface area (Å²) in [6.07, 6.45) is 3.47. The molecule has 0 aliphatic heterocycles. The predicted molar refractivity (Wildman–Crippen MR) is 140 cm³/mol. The standard InChI is InChI=1S/C29H18N3O3P.Li/c33-21-13-14-23(29-25(21)28-22(35-29)9-5-17-31-28)36(34,20-7-2-1-3-8-20)24-15-12-19-11-10-18-6-4-16-30-26(18)27(19)32-24;/h1-17,33H;/q;+1. The number of nitrogens with zero attached hydrogens (tertiary/aromatic N) is 2. The van der Waals surface area contributed by atoms with Crippen molar-refractivity contribution in [2.45, 2.75) is 0 Å². The van der Waals surface area contributed by atoms with Gasteiger partial charge in [0, 0.05) is 28.3 Å². The Morgan fingerprint density at radius 2 is 1.59 bits per heavy atom. The molecule has 0 aliphatic carbocycles. The van der Waals surface area contributed by atoms with Gasteiger partial charge >= 0.3 is 18.9 Å². The molecule has 0 radical (unpaired) electrons. The van der Waals surface area contributed by atoms with Gasteiger partial charge in [-0.3, -0.25) is 4.98 Å². The van der Waals surface area contributed by atoms with Crippen LogP contribution in [0.4, 0.5) is 0 Å². The molecule has 172 valence electrons. The Hall–Kier alpha value is -3.94. The van der Waals surface area contributed by atoms with Gasteiger partial charge in [-0.2, -0.15) is 0 Å². The summed E-state index contributed by atoms with van der Waals surface area (Å²) in [5, 5.41) is 16.2. The Balaban J connectivity index is 0.00000252. The van der Waals surface area contributed by atoms with Crippen molar-refractivity contribution in [3.8, 4) is 5.75 Å². The molecule has 7 rings (SSSR count). The van der Waals surface area contributed by atoms with Crippen LogP contribution in [0.1, 0.15) is 0 Å². The Morgan fingerprint density at radius 1 is 0.811 bits per heavy atom. The van der Waals surface area contributed by atoms with Crippen molar-refractivity contribution in [2.24, 2.45) is 0 Å². The fourth-order valence-electron chi connectivity index (χ4n) is 4.87. The van der Waals surface area contributed by atoms with Crippen molar-refractivity contribution in [3.63, 3.8) is 0 Å². The number of hydrogen-bond acceptors (Lipinski definition) is 5. The van der Waals surface area contributed by atoms with Gasteiger partial charge < -0.3 is 14.1 Å². The Bertz CT molecular complexity index is 2010. The number of hydrogen-bond donors (Lipinski definition) is 0. The third-order valence-electron chi connectivity index (χ3n) is 6.58. The molecule has 1 atom stereocenters. The second kappa shape index (κ2) is 8.87. The molecule has 0 saturated heterocycles. The summed E-state index contributed by atoms with van der Waals surface area (Å²) in [4.78, 5) is 12.6. The number of H-pyrrole nitrogens is 1. The average molecular weight is 494 g/mol. The molecule has 0 amide bonds. The van der Waals surface area contributed by atoms with Gasteiger partial charge in [-0.25, -0.2) is 9.97 Å². The number of furan rings is 1. The van der Waals surface area contributed by atoms with E-state index in [4.69, 9.17) is 9.40 Å². The van der Waals surface area contributed by atoms with Crippen molar-refractivity contribution in [2.75, 3.05) is 0 Å². The minimum absolute atomic E-state index is 0. The Kier molecular flexibility index (Phi) is 5.62. The number of benzene rings is 3. The maximum Gasteiger partial charge on any atom is 1.00 e. The van der Waals surface area contributed by atoms with Gasteiger partial charge in [-0.1, -0.05) is 66.4 Å². The second-order valence-electron chi connectivity index (χ2n) is 8.63. The molecule has 6 nitrogen and oxygen atoms in total. The van der Waals surface area contributed by atoms with E-state index in [1.54, 1.807) is 36.7 Å². The van der Waals surface area contributed by atoms with E-state index in [1.807, 2.05) is 60.7 Å². The molecule has 37 heavy (non-hydrogen) atoms. The quantitative estimate of drug-likeness (QED) is 0.209. The van der Waals surface area contributed by atoms with E-state index in [9.17, 15) is 5.11 Å². The molecule has 8 heteroatoms. The first-order chi connectivity index (χ1) is 17.6. The van der Waals surface area contributed by atoms with Crippen molar-refractivity contribution in [3.05, 3.63) is 103 Å². The molecule has 0 aliphatic rings. The topological polar surface area (TPSA) is 93.2 Å². The summed E-state index contributed by atoms with van der Waals surface area (Å²) in [6.45, 7) is 0. The number of aromatic amines is 1. The number of aromatic nitrogens is 3. The van der Waals surface area contributed by atoms with E-state index in [0.29, 0.717) is 43.6 Å². The fourth-order valence-corrected chi connectivity index (χ4v) is 7.51. The van der Waals surface area contributed by atoms with Crippen LogP contribution in [0.5, 0.6) is 5.75 Å². The third-order valence-corrected chi connectivity index (χ3v) is 9.53. The minimum atomic E-state index is -3.56. The minimum Gasteiger partial charge on any atom is -0.872 e. The maximum absolute atomic E-state index is 15.3. The van der Waals surface area contributed by atoms with Crippen LogP contribution in [0.15, 0.2) is 108 Å². The van der Waals surface area contributed by atoms with Gasteiger partial charge in [0.05, 0.1) is 21.7 Å². The van der Waals surface area contributed by atoms with E-state index >= 15 is 4.57 Å². The van der Waals surface area contributed by atoms with E-state index in [2.05, 4.69) is 9.97 Å². The van der Waals surface area contributed by atoms with E-state index in [0.717, 1.165) is 16.3 Å². The summed E-state index contributed by atoms with van der Waals surface area (Å²) < 4.78 is 21.5. The summed E-state index contributed by atoms with van der Waals surface area (Å²) in [7, 11) is -3.56. The summed E-state index contributed by atoms with van der Waals surface area (Å²) in [5.74, 6) is -0.198. The van der Waals surface area contributed by atoms with Gasteiger partial charge in [-0.15, -0.1) is 0 Å². The predicted octanol–water partition coefficient (Wildman–Crippen LogP) is 1.21. The molecular weight excluding hydrogens is 476 g/mol. The normalized spacial score (nSPS) is 13.1. The first-order valence-electron chi connectivity index (χ1n) is 11.5. The molecule has 0 spiro atoms. The maximum atomic E-state index is 15.3. The molecule has 0 fully saturated rings. The SMILES string of the molecule is O=P(c1ccccc1)(c1ccc2ccc3cccnc3c2n1)c1ccc([O-])c2c1oc1ccc[nH+]c12.[Li+]. The monoisotopic (exact) mass is 494 g/mol. The van der Waals surface area contributed by atoms with Crippen LogP contribution in [-0.4, -0.2) is 9.97 Å². The second-order valence-corrected chi connectivity index (χ2v) is 11.3. The Labute approximate surface area is 223 Å². The van der Waals surface area contributed by atoms with Gasteiger partial charge in [0.25, 0.3) is 5.52 Å². The van der Waals surface area contributed by atoms with Crippen molar-refractivity contribution < 1.29 is 37.9 Å². The van der Waals surface area contributed by atoms with Crippen LogP contribution in [0.2, 0.25) is 0 Å². The van der Waals surface area contributed by atoms with Gasteiger partial charge in [0.1, 0.15) is 5.44 Å². The van der Waals surface area contributed by atoms with Crippen molar-refractivity contribution >= 4 is 67.1 Å². The third kappa shape index (κ3) is 3.49. The van der Waals surface area contributed by atoms with Gasteiger partial charge in [0.15, 0.2) is 24.5 Å².